The van der Waals surface area contributed by atoms with E-state index >= 15 is 0 Å². The Balaban J connectivity index is 1.84. The number of aliphatic hydroxyl groups excluding tert-OH is 1. The molecule has 0 saturated carbocycles. The molecule has 1 saturated heterocycles. The van der Waals surface area contributed by atoms with Crippen LogP contribution in [-0.4, -0.2) is 39.8 Å². The molecule has 24 heavy (non-hydrogen) atoms. The molecule has 5 heteroatoms. The molecule has 1 aromatic carbocycles. The minimum Gasteiger partial charge on any atom is -0.396 e. The van der Waals surface area contributed by atoms with E-state index in [4.69, 9.17) is 9.97 Å². The number of aromatic nitrogens is 3. The lowest BCUT2D eigenvalue weighted by molar-refractivity contribution is 0.208. The van der Waals surface area contributed by atoms with Crippen LogP contribution in [0.2, 0.25) is 0 Å². The molecule has 1 fully saturated rings. The van der Waals surface area contributed by atoms with E-state index in [0.29, 0.717) is 5.92 Å². The molecular weight excluding hydrogens is 300 g/mol. The lowest BCUT2D eigenvalue weighted by Crippen LogP contribution is -2.37. The van der Waals surface area contributed by atoms with Crippen LogP contribution in [0, 0.1) is 5.92 Å². The van der Waals surface area contributed by atoms with Crippen LogP contribution in [0.5, 0.6) is 0 Å². The summed E-state index contributed by atoms with van der Waals surface area (Å²) < 4.78 is 0. The Kier molecular flexibility index (Phi) is 4.09. The number of anilines is 1. The maximum Gasteiger partial charge on any atom is 0.162 e. The van der Waals surface area contributed by atoms with Crippen LogP contribution in [0.4, 0.5) is 5.82 Å². The molecule has 3 aromatic rings. The molecule has 5 nitrogen and oxygen atoms in total. The van der Waals surface area contributed by atoms with Crippen LogP contribution in [0.25, 0.3) is 22.3 Å². The molecular formula is C19H20N4O. The molecule has 0 radical (unpaired) electrons. The normalized spacial score (nSPS) is 18.0. The van der Waals surface area contributed by atoms with Gasteiger partial charge in [0.05, 0.1) is 5.52 Å². The summed E-state index contributed by atoms with van der Waals surface area (Å²) in [6, 6.07) is 12.0. The molecule has 2 aromatic heterocycles. The molecule has 0 amide bonds. The maximum atomic E-state index is 9.54. The zero-order chi connectivity index (χ0) is 16.4. The van der Waals surface area contributed by atoms with Crippen molar-refractivity contribution in [2.45, 2.75) is 12.8 Å². The topological polar surface area (TPSA) is 62.1 Å². The quantitative estimate of drug-likeness (QED) is 0.804. The number of aliphatic hydroxyl groups is 1. The molecule has 0 unspecified atom stereocenters. The van der Waals surface area contributed by atoms with E-state index in [0.717, 1.165) is 54.0 Å². The highest BCUT2D eigenvalue weighted by Gasteiger charge is 2.22. The second-order valence-corrected chi connectivity index (χ2v) is 6.26. The summed E-state index contributed by atoms with van der Waals surface area (Å²) in [5.41, 5.74) is 1.91. The van der Waals surface area contributed by atoms with Gasteiger partial charge in [-0.25, -0.2) is 9.97 Å². The van der Waals surface area contributed by atoms with E-state index in [1.54, 1.807) is 12.4 Å². The summed E-state index contributed by atoms with van der Waals surface area (Å²) in [5.74, 6) is 2.00. The lowest BCUT2D eigenvalue weighted by atomic mass is 9.99. The number of hydrogen-bond donors (Lipinski definition) is 1. The van der Waals surface area contributed by atoms with Gasteiger partial charge in [-0.1, -0.05) is 12.1 Å². The molecule has 1 aliphatic rings. The van der Waals surface area contributed by atoms with Crippen molar-refractivity contribution in [1.29, 1.82) is 0 Å². The number of para-hydroxylation sites is 1. The second-order valence-electron chi connectivity index (χ2n) is 6.26. The summed E-state index contributed by atoms with van der Waals surface area (Å²) in [6.07, 6.45) is 5.67. The lowest BCUT2D eigenvalue weighted by Gasteiger charge is -2.33. The Hall–Kier alpha value is -2.53. The first-order valence-corrected chi connectivity index (χ1v) is 8.38. The van der Waals surface area contributed by atoms with Gasteiger partial charge in [0.15, 0.2) is 5.82 Å². The zero-order valence-corrected chi connectivity index (χ0v) is 13.5. The summed E-state index contributed by atoms with van der Waals surface area (Å²) in [6.45, 7) is 2.04. The fraction of sp³-hybridized carbons (Fsp3) is 0.316. The van der Waals surface area contributed by atoms with Crippen LogP contribution >= 0.6 is 0 Å². The van der Waals surface area contributed by atoms with Crippen molar-refractivity contribution in [3.05, 3.63) is 48.8 Å². The Morgan fingerprint density at radius 1 is 1.08 bits per heavy atom. The van der Waals surface area contributed by atoms with Gasteiger partial charge >= 0.3 is 0 Å². The highest BCUT2D eigenvalue weighted by atomic mass is 16.3. The predicted molar refractivity (Wildman–Crippen MR) is 94.8 cm³/mol. The molecule has 1 atom stereocenters. The van der Waals surface area contributed by atoms with Crippen molar-refractivity contribution in [3.63, 3.8) is 0 Å². The number of piperidine rings is 1. The predicted octanol–water partition coefficient (Wildman–Crippen LogP) is 2.90. The van der Waals surface area contributed by atoms with Crippen molar-refractivity contribution < 1.29 is 5.11 Å². The first kappa shape index (κ1) is 15.0. The van der Waals surface area contributed by atoms with Gasteiger partial charge in [0.2, 0.25) is 0 Å². The van der Waals surface area contributed by atoms with Crippen LogP contribution < -0.4 is 4.90 Å². The number of rotatable bonds is 3. The monoisotopic (exact) mass is 320 g/mol. The highest BCUT2D eigenvalue weighted by molar-refractivity contribution is 5.91. The van der Waals surface area contributed by atoms with E-state index in [1.165, 1.54) is 0 Å². The van der Waals surface area contributed by atoms with Gasteiger partial charge in [-0.15, -0.1) is 0 Å². The fourth-order valence-corrected chi connectivity index (χ4v) is 3.34. The van der Waals surface area contributed by atoms with Crippen LogP contribution in [0.15, 0.2) is 48.8 Å². The summed E-state index contributed by atoms with van der Waals surface area (Å²) in [7, 11) is 0. The molecule has 1 N–H and O–H groups in total. The third-order valence-corrected chi connectivity index (χ3v) is 4.60. The summed E-state index contributed by atoms with van der Waals surface area (Å²) >= 11 is 0. The van der Waals surface area contributed by atoms with Gasteiger partial charge < -0.3 is 10.0 Å². The average molecular weight is 320 g/mol. The van der Waals surface area contributed by atoms with Crippen LogP contribution in [0.1, 0.15) is 12.8 Å². The average Bonchev–Trinajstić information content (AvgIpc) is 2.68. The van der Waals surface area contributed by atoms with Gasteiger partial charge in [0, 0.05) is 43.0 Å². The smallest absolute Gasteiger partial charge is 0.162 e. The molecule has 4 rings (SSSR count). The van der Waals surface area contributed by atoms with Crippen molar-refractivity contribution in [3.8, 4) is 11.4 Å². The molecule has 3 heterocycles. The summed E-state index contributed by atoms with van der Waals surface area (Å²) in [5, 5.41) is 10.6. The van der Waals surface area contributed by atoms with E-state index in [9.17, 15) is 5.11 Å². The van der Waals surface area contributed by atoms with Crippen molar-refractivity contribution in [1.82, 2.24) is 15.0 Å². The summed E-state index contributed by atoms with van der Waals surface area (Å²) in [4.78, 5) is 16.0. The SMILES string of the molecule is OC[C@@H]1CCCN(c2nc(-c3ccncc3)nc3ccccc23)C1. The van der Waals surface area contributed by atoms with E-state index in [1.807, 2.05) is 30.3 Å². The minimum absolute atomic E-state index is 0.233. The first-order chi connectivity index (χ1) is 11.8. The largest absolute Gasteiger partial charge is 0.396 e. The molecule has 122 valence electrons. The third kappa shape index (κ3) is 2.83. The Morgan fingerprint density at radius 3 is 2.75 bits per heavy atom. The van der Waals surface area contributed by atoms with Gasteiger partial charge in [-0.05, 0) is 43.0 Å². The first-order valence-electron chi connectivity index (χ1n) is 8.38. The van der Waals surface area contributed by atoms with Crippen LogP contribution in [-0.2, 0) is 0 Å². The molecule has 0 aliphatic carbocycles. The number of benzene rings is 1. The van der Waals surface area contributed by atoms with Crippen molar-refractivity contribution >= 4 is 16.7 Å². The Morgan fingerprint density at radius 2 is 1.92 bits per heavy atom. The number of nitrogens with zero attached hydrogens (tertiary/aromatic N) is 4. The fourth-order valence-electron chi connectivity index (χ4n) is 3.34. The zero-order valence-electron chi connectivity index (χ0n) is 13.5. The van der Waals surface area contributed by atoms with Gasteiger partial charge in [0.1, 0.15) is 5.82 Å². The van der Waals surface area contributed by atoms with E-state index in [-0.39, 0.29) is 6.61 Å². The van der Waals surface area contributed by atoms with Gasteiger partial charge in [-0.2, -0.15) is 0 Å². The van der Waals surface area contributed by atoms with Crippen molar-refractivity contribution in [2.24, 2.45) is 5.92 Å². The Bertz CT molecular complexity index is 837. The molecule has 0 bridgehead atoms. The number of fused-ring (bicyclic) bond motifs is 1. The molecule has 1 aliphatic heterocycles. The second kappa shape index (κ2) is 6.53. The van der Waals surface area contributed by atoms with E-state index in [2.05, 4.69) is 16.0 Å². The highest BCUT2D eigenvalue weighted by Crippen LogP contribution is 2.30. The molecule has 0 spiro atoms. The third-order valence-electron chi connectivity index (χ3n) is 4.60. The standard InChI is InChI=1S/C19H20N4O/c24-13-14-4-3-11-23(12-14)19-16-5-1-2-6-17(16)21-18(22-19)15-7-9-20-10-8-15/h1-2,5-10,14,24H,3-4,11-13H2/t14-/m1/s1. The van der Waals surface area contributed by atoms with E-state index < -0.39 is 0 Å². The maximum absolute atomic E-state index is 9.54. The Labute approximate surface area is 141 Å². The van der Waals surface area contributed by atoms with Gasteiger partial charge in [-0.3, -0.25) is 4.98 Å². The minimum atomic E-state index is 0.233. The van der Waals surface area contributed by atoms with Crippen LogP contribution in [0.3, 0.4) is 0 Å². The number of pyridine rings is 1. The number of hydrogen-bond acceptors (Lipinski definition) is 5. The van der Waals surface area contributed by atoms with Crippen molar-refractivity contribution in [2.75, 3.05) is 24.6 Å². The van der Waals surface area contributed by atoms with Gasteiger partial charge in [0.25, 0.3) is 0 Å².